The van der Waals surface area contributed by atoms with Crippen molar-refractivity contribution >= 4 is 11.7 Å². The number of nitrogens with zero attached hydrogens (tertiary/aromatic N) is 3. The molecule has 3 N–H and O–H groups in total. The lowest BCUT2D eigenvalue weighted by Crippen LogP contribution is -2.36. The molecule has 0 bridgehead atoms. The Bertz CT molecular complexity index is 506. The maximum absolute atomic E-state index is 8.01. The van der Waals surface area contributed by atoms with Gasteiger partial charge in [-0.05, 0) is 38.2 Å². The summed E-state index contributed by atoms with van der Waals surface area (Å²) >= 11 is 0. The SMILES string of the molecule is CCc1nnc(N(CC)C2CCCC2)c(C(=N)N)c1CC. The highest BCUT2D eigenvalue weighted by Crippen LogP contribution is 2.30. The van der Waals surface area contributed by atoms with Crippen LogP contribution in [0.15, 0.2) is 0 Å². The van der Waals surface area contributed by atoms with E-state index < -0.39 is 0 Å². The van der Waals surface area contributed by atoms with E-state index in [0.29, 0.717) is 6.04 Å². The highest BCUT2D eigenvalue weighted by Gasteiger charge is 2.27. The summed E-state index contributed by atoms with van der Waals surface area (Å²) in [7, 11) is 0. The van der Waals surface area contributed by atoms with Gasteiger partial charge < -0.3 is 10.6 Å². The highest BCUT2D eigenvalue weighted by atomic mass is 15.3. The average molecular weight is 289 g/mol. The summed E-state index contributed by atoms with van der Waals surface area (Å²) in [6.07, 6.45) is 6.61. The molecule has 5 nitrogen and oxygen atoms in total. The molecule has 0 unspecified atom stereocenters. The van der Waals surface area contributed by atoms with E-state index in [-0.39, 0.29) is 5.84 Å². The molecule has 116 valence electrons. The lowest BCUT2D eigenvalue weighted by Gasteiger charge is -2.31. The summed E-state index contributed by atoms with van der Waals surface area (Å²) in [5.41, 5.74) is 8.75. The molecule has 1 aliphatic carbocycles. The van der Waals surface area contributed by atoms with E-state index in [0.717, 1.165) is 42.0 Å². The minimum Gasteiger partial charge on any atom is -0.384 e. The van der Waals surface area contributed by atoms with Crippen molar-refractivity contribution in [2.75, 3.05) is 11.4 Å². The summed E-state index contributed by atoms with van der Waals surface area (Å²) in [5, 5.41) is 16.9. The molecule has 1 aromatic rings. The molecule has 0 amide bonds. The molecule has 1 aromatic heterocycles. The van der Waals surface area contributed by atoms with Crippen molar-refractivity contribution in [2.24, 2.45) is 5.73 Å². The van der Waals surface area contributed by atoms with E-state index >= 15 is 0 Å². The number of nitrogen functional groups attached to an aromatic ring is 1. The van der Waals surface area contributed by atoms with E-state index in [9.17, 15) is 0 Å². The second kappa shape index (κ2) is 6.87. The van der Waals surface area contributed by atoms with Gasteiger partial charge in [0.25, 0.3) is 0 Å². The Morgan fingerprint density at radius 3 is 2.33 bits per heavy atom. The zero-order valence-corrected chi connectivity index (χ0v) is 13.4. The van der Waals surface area contributed by atoms with Crippen LogP contribution >= 0.6 is 0 Å². The number of aryl methyl sites for hydroxylation is 1. The molecule has 0 radical (unpaired) electrons. The normalized spacial score (nSPS) is 15.4. The lowest BCUT2D eigenvalue weighted by molar-refractivity contribution is 0.606. The molecule has 0 spiro atoms. The number of hydrogen-bond acceptors (Lipinski definition) is 4. The third-order valence-corrected chi connectivity index (χ3v) is 4.48. The van der Waals surface area contributed by atoms with Gasteiger partial charge in [0, 0.05) is 12.6 Å². The van der Waals surface area contributed by atoms with Gasteiger partial charge in [-0.3, -0.25) is 5.41 Å². The number of anilines is 1. The molecule has 1 saturated carbocycles. The second-order valence-corrected chi connectivity index (χ2v) is 5.67. The maximum Gasteiger partial charge on any atom is 0.162 e. The number of nitrogens with two attached hydrogens (primary N) is 1. The van der Waals surface area contributed by atoms with Gasteiger partial charge in [0.2, 0.25) is 0 Å². The number of nitrogens with one attached hydrogen (secondary N) is 1. The summed E-state index contributed by atoms with van der Waals surface area (Å²) in [6, 6.07) is 0.514. The van der Waals surface area contributed by atoms with Crippen LogP contribution in [-0.4, -0.2) is 28.6 Å². The third-order valence-electron chi connectivity index (χ3n) is 4.48. The fourth-order valence-electron chi connectivity index (χ4n) is 3.44. The van der Waals surface area contributed by atoms with Crippen molar-refractivity contribution in [1.82, 2.24) is 10.2 Å². The number of amidine groups is 1. The first-order chi connectivity index (χ1) is 10.1. The Balaban J connectivity index is 2.53. The maximum atomic E-state index is 8.01. The van der Waals surface area contributed by atoms with Crippen LogP contribution in [0.4, 0.5) is 5.82 Å². The summed E-state index contributed by atoms with van der Waals surface area (Å²) in [4.78, 5) is 2.30. The minimum absolute atomic E-state index is 0.114. The smallest absolute Gasteiger partial charge is 0.162 e. The largest absolute Gasteiger partial charge is 0.384 e. The first-order valence-corrected chi connectivity index (χ1v) is 8.13. The zero-order chi connectivity index (χ0) is 15.4. The topological polar surface area (TPSA) is 78.9 Å². The third kappa shape index (κ3) is 3.01. The molecule has 1 heterocycles. The van der Waals surface area contributed by atoms with E-state index in [2.05, 4.69) is 35.9 Å². The zero-order valence-electron chi connectivity index (χ0n) is 13.4. The van der Waals surface area contributed by atoms with Crippen LogP contribution in [0.2, 0.25) is 0 Å². The van der Waals surface area contributed by atoms with Gasteiger partial charge >= 0.3 is 0 Å². The summed E-state index contributed by atoms with van der Waals surface area (Å²) in [5.74, 6) is 0.925. The van der Waals surface area contributed by atoms with Crippen molar-refractivity contribution in [3.05, 3.63) is 16.8 Å². The molecule has 2 rings (SSSR count). The van der Waals surface area contributed by atoms with Crippen LogP contribution in [-0.2, 0) is 12.8 Å². The molecule has 1 fully saturated rings. The van der Waals surface area contributed by atoms with Crippen molar-refractivity contribution in [2.45, 2.75) is 65.3 Å². The Hall–Kier alpha value is -1.65. The Labute approximate surface area is 127 Å². The van der Waals surface area contributed by atoms with Gasteiger partial charge in [-0.2, -0.15) is 5.10 Å². The highest BCUT2D eigenvalue weighted by molar-refractivity contribution is 6.01. The van der Waals surface area contributed by atoms with Crippen molar-refractivity contribution in [1.29, 1.82) is 5.41 Å². The molecular weight excluding hydrogens is 262 g/mol. The minimum atomic E-state index is 0.114. The first-order valence-electron chi connectivity index (χ1n) is 8.13. The van der Waals surface area contributed by atoms with Crippen molar-refractivity contribution in [3.8, 4) is 0 Å². The van der Waals surface area contributed by atoms with Crippen LogP contribution in [0, 0.1) is 5.41 Å². The van der Waals surface area contributed by atoms with Gasteiger partial charge in [-0.1, -0.05) is 26.7 Å². The van der Waals surface area contributed by atoms with Gasteiger partial charge in [-0.25, -0.2) is 0 Å². The Morgan fingerprint density at radius 1 is 1.19 bits per heavy atom. The lowest BCUT2D eigenvalue weighted by atomic mass is 10.0. The summed E-state index contributed by atoms with van der Waals surface area (Å²) < 4.78 is 0. The van der Waals surface area contributed by atoms with Crippen LogP contribution in [0.3, 0.4) is 0 Å². The molecule has 21 heavy (non-hydrogen) atoms. The first kappa shape index (κ1) is 15.7. The van der Waals surface area contributed by atoms with E-state index in [1.165, 1.54) is 25.7 Å². The molecule has 0 saturated heterocycles. The molecule has 1 aliphatic rings. The monoisotopic (exact) mass is 289 g/mol. The standard InChI is InChI=1S/C16H27N5/c1-4-12-13(5-2)19-20-16(14(12)15(17)18)21(6-3)11-9-7-8-10-11/h11H,4-10H2,1-3H3,(H3,17,18). The number of rotatable bonds is 6. The van der Waals surface area contributed by atoms with Crippen LogP contribution < -0.4 is 10.6 Å². The van der Waals surface area contributed by atoms with Crippen LogP contribution in [0.1, 0.15) is 63.3 Å². The fraction of sp³-hybridized carbons (Fsp3) is 0.688. The average Bonchev–Trinajstić information content (AvgIpc) is 3.01. The van der Waals surface area contributed by atoms with Gasteiger partial charge in [0.15, 0.2) is 5.82 Å². The van der Waals surface area contributed by atoms with E-state index in [4.69, 9.17) is 11.1 Å². The molecule has 0 atom stereocenters. The van der Waals surface area contributed by atoms with E-state index in [1.807, 2.05) is 0 Å². The molecule has 5 heteroatoms. The molecule has 0 aromatic carbocycles. The molecular formula is C16H27N5. The summed E-state index contributed by atoms with van der Waals surface area (Å²) in [6.45, 7) is 7.19. The van der Waals surface area contributed by atoms with Gasteiger partial charge in [0.05, 0.1) is 11.3 Å². The van der Waals surface area contributed by atoms with Gasteiger partial charge in [0.1, 0.15) is 5.84 Å². The predicted molar refractivity (Wildman–Crippen MR) is 87.1 cm³/mol. The fourth-order valence-corrected chi connectivity index (χ4v) is 3.44. The predicted octanol–water partition coefficient (Wildman–Crippen LogP) is 2.65. The van der Waals surface area contributed by atoms with Crippen molar-refractivity contribution in [3.63, 3.8) is 0 Å². The van der Waals surface area contributed by atoms with Crippen LogP contribution in [0.5, 0.6) is 0 Å². The van der Waals surface area contributed by atoms with Gasteiger partial charge in [-0.15, -0.1) is 5.10 Å². The number of hydrogen-bond donors (Lipinski definition) is 2. The van der Waals surface area contributed by atoms with Crippen molar-refractivity contribution < 1.29 is 0 Å². The number of aromatic nitrogens is 2. The Kier molecular flexibility index (Phi) is 5.15. The molecule has 0 aliphatic heterocycles. The Morgan fingerprint density at radius 2 is 1.86 bits per heavy atom. The van der Waals surface area contributed by atoms with E-state index in [1.54, 1.807) is 0 Å². The second-order valence-electron chi connectivity index (χ2n) is 5.67. The quantitative estimate of drug-likeness (QED) is 0.623. The van der Waals surface area contributed by atoms with Crippen LogP contribution in [0.25, 0.3) is 0 Å².